The fraction of sp³-hybridized carbons (Fsp3) is 0.333. The summed E-state index contributed by atoms with van der Waals surface area (Å²) in [7, 11) is 0. The first kappa shape index (κ1) is 11.9. The van der Waals surface area contributed by atoms with Crippen LogP contribution in [0.25, 0.3) is 0 Å². The first-order chi connectivity index (χ1) is 7.06. The zero-order chi connectivity index (χ0) is 11.4. The van der Waals surface area contributed by atoms with Crippen molar-refractivity contribution in [2.45, 2.75) is 25.9 Å². The summed E-state index contributed by atoms with van der Waals surface area (Å²) in [5.74, 6) is -1.29. The van der Waals surface area contributed by atoms with Gasteiger partial charge in [0.25, 0.3) is 0 Å². The van der Waals surface area contributed by atoms with E-state index >= 15 is 0 Å². The van der Waals surface area contributed by atoms with Gasteiger partial charge in [0, 0.05) is 11.6 Å². The van der Waals surface area contributed by atoms with Crippen molar-refractivity contribution in [2.24, 2.45) is 0 Å². The van der Waals surface area contributed by atoms with Gasteiger partial charge in [-0.05, 0) is 31.4 Å². The Morgan fingerprint density at radius 2 is 2.07 bits per heavy atom. The Hall–Kier alpha value is -1.22. The van der Waals surface area contributed by atoms with Gasteiger partial charge in [-0.15, -0.1) is 6.58 Å². The predicted octanol–water partition coefficient (Wildman–Crippen LogP) is 3.27. The minimum absolute atomic E-state index is 0.149. The molecule has 0 aliphatic rings. The molecule has 0 fully saturated rings. The third-order valence-electron chi connectivity index (χ3n) is 2.28. The summed E-state index contributed by atoms with van der Waals surface area (Å²) >= 11 is 0. The van der Waals surface area contributed by atoms with Gasteiger partial charge in [-0.2, -0.15) is 0 Å². The van der Waals surface area contributed by atoms with Crippen LogP contribution in [0.5, 0.6) is 0 Å². The summed E-state index contributed by atoms with van der Waals surface area (Å²) in [6, 6.07) is 2.15. The molecule has 1 N–H and O–H groups in total. The van der Waals surface area contributed by atoms with Crippen LogP contribution in [-0.2, 0) is 0 Å². The summed E-state index contributed by atoms with van der Waals surface area (Å²) in [4.78, 5) is 0. The van der Waals surface area contributed by atoms with E-state index in [0.717, 1.165) is 6.07 Å². The van der Waals surface area contributed by atoms with Crippen LogP contribution in [0.15, 0.2) is 24.8 Å². The molecule has 3 heteroatoms. The molecule has 0 aliphatic heterocycles. The molecule has 1 unspecified atom stereocenters. The number of hydrogen-bond acceptors (Lipinski definition) is 1. The Morgan fingerprint density at radius 1 is 1.40 bits per heavy atom. The van der Waals surface area contributed by atoms with Crippen molar-refractivity contribution in [3.05, 3.63) is 47.5 Å². The fourth-order valence-electron chi connectivity index (χ4n) is 1.37. The highest BCUT2D eigenvalue weighted by atomic mass is 19.1. The first-order valence-corrected chi connectivity index (χ1v) is 4.80. The van der Waals surface area contributed by atoms with E-state index in [1.54, 1.807) is 13.0 Å². The van der Waals surface area contributed by atoms with Crippen LogP contribution in [-0.4, -0.2) is 5.11 Å². The molecule has 1 rings (SSSR count). The normalized spacial score (nSPS) is 12.5. The highest BCUT2D eigenvalue weighted by Gasteiger charge is 2.14. The van der Waals surface area contributed by atoms with Crippen molar-refractivity contribution in [1.82, 2.24) is 0 Å². The highest BCUT2D eigenvalue weighted by molar-refractivity contribution is 5.27. The summed E-state index contributed by atoms with van der Waals surface area (Å²) in [5.41, 5.74) is 0.486. The van der Waals surface area contributed by atoms with Gasteiger partial charge in [-0.1, -0.05) is 6.08 Å². The van der Waals surface area contributed by atoms with Crippen molar-refractivity contribution in [2.75, 3.05) is 0 Å². The van der Waals surface area contributed by atoms with Crippen LogP contribution in [0.3, 0.4) is 0 Å². The summed E-state index contributed by atoms with van der Waals surface area (Å²) in [5, 5.41) is 9.64. The second kappa shape index (κ2) is 5.03. The monoisotopic (exact) mass is 212 g/mol. The van der Waals surface area contributed by atoms with E-state index in [0.29, 0.717) is 18.4 Å². The zero-order valence-corrected chi connectivity index (χ0v) is 8.63. The smallest absolute Gasteiger partial charge is 0.131 e. The molecule has 1 nitrogen and oxygen atoms in total. The predicted molar refractivity (Wildman–Crippen MR) is 55.5 cm³/mol. The Morgan fingerprint density at radius 3 is 2.67 bits per heavy atom. The average Bonchev–Trinajstić information content (AvgIpc) is 2.20. The second-order valence-corrected chi connectivity index (χ2v) is 3.50. The van der Waals surface area contributed by atoms with Crippen molar-refractivity contribution in [1.29, 1.82) is 0 Å². The van der Waals surface area contributed by atoms with Crippen molar-refractivity contribution < 1.29 is 13.9 Å². The third kappa shape index (κ3) is 2.86. The lowest BCUT2D eigenvalue weighted by atomic mass is 10.0. The maximum absolute atomic E-state index is 13.3. The highest BCUT2D eigenvalue weighted by Crippen LogP contribution is 2.24. The maximum Gasteiger partial charge on any atom is 0.131 e. The number of halogens is 2. The number of hydrogen-bond donors (Lipinski definition) is 1. The lowest BCUT2D eigenvalue weighted by Crippen LogP contribution is -2.02. The topological polar surface area (TPSA) is 20.2 Å². The van der Waals surface area contributed by atoms with Crippen molar-refractivity contribution >= 4 is 0 Å². The quantitative estimate of drug-likeness (QED) is 0.759. The van der Waals surface area contributed by atoms with E-state index in [4.69, 9.17) is 0 Å². The van der Waals surface area contributed by atoms with Gasteiger partial charge >= 0.3 is 0 Å². The number of aliphatic hydroxyl groups is 1. The van der Waals surface area contributed by atoms with Crippen LogP contribution >= 0.6 is 0 Å². The Balaban J connectivity index is 2.93. The molecule has 82 valence electrons. The molecular weight excluding hydrogens is 198 g/mol. The summed E-state index contributed by atoms with van der Waals surface area (Å²) < 4.78 is 26.2. The molecule has 0 amide bonds. The van der Waals surface area contributed by atoms with Gasteiger partial charge in [-0.25, -0.2) is 8.78 Å². The van der Waals surface area contributed by atoms with Gasteiger partial charge in [0.05, 0.1) is 6.10 Å². The molecule has 1 aromatic rings. The second-order valence-electron chi connectivity index (χ2n) is 3.50. The van der Waals surface area contributed by atoms with Crippen LogP contribution < -0.4 is 0 Å². The molecule has 0 saturated heterocycles. The van der Waals surface area contributed by atoms with Gasteiger partial charge < -0.3 is 5.11 Å². The molecule has 0 bridgehead atoms. The Kier molecular flexibility index (Phi) is 3.97. The standard InChI is InChI=1S/C12H14F2O/c1-3-4-5-12(15)9-6-8(2)10(13)7-11(9)14/h3,6-7,12,15H,1,4-5H2,2H3. The molecule has 0 saturated carbocycles. The lowest BCUT2D eigenvalue weighted by molar-refractivity contribution is 0.164. The molecule has 1 atom stereocenters. The largest absolute Gasteiger partial charge is 0.388 e. The minimum Gasteiger partial charge on any atom is -0.388 e. The van der Waals surface area contributed by atoms with E-state index < -0.39 is 17.7 Å². The molecule has 0 radical (unpaired) electrons. The van der Waals surface area contributed by atoms with E-state index in [9.17, 15) is 13.9 Å². The molecule has 15 heavy (non-hydrogen) atoms. The summed E-state index contributed by atoms with van der Waals surface area (Å²) in [6.45, 7) is 5.06. The molecule has 1 aromatic carbocycles. The molecule has 0 heterocycles. The average molecular weight is 212 g/mol. The first-order valence-electron chi connectivity index (χ1n) is 4.80. The van der Waals surface area contributed by atoms with Gasteiger partial charge in [0.1, 0.15) is 11.6 Å². The van der Waals surface area contributed by atoms with Crippen molar-refractivity contribution in [3.8, 4) is 0 Å². The third-order valence-corrected chi connectivity index (χ3v) is 2.28. The number of allylic oxidation sites excluding steroid dienone is 1. The van der Waals surface area contributed by atoms with Crippen LogP contribution in [0.2, 0.25) is 0 Å². The van der Waals surface area contributed by atoms with Gasteiger partial charge in [-0.3, -0.25) is 0 Å². The van der Waals surface area contributed by atoms with Crippen LogP contribution in [0.1, 0.15) is 30.1 Å². The molecule has 0 aromatic heterocycles. The molecule has 0 aliphatic carbocycles. The Bertz CT molecular complexity index is 361. The zero-order valence-electron chi connectivity index (χ0n) is 8.63. The summed E-state index contributed by atoms with van der Waals surface area (Å²) in [6.07, 6.45) is 1.74. The number of benzene rings is 1. The van der Waals surface area contributed by atoms with Crippen LogP contribution in [0.4, 0.5) is 8.78 Å². The van der Waals surface area contributed by atoms with Gasteiger partial charge in [0.2, 0.25) is 0 Å². The fourth-order valence-corrected chi connectivity index (χ4v) is 1.37. The van der Waals surface area contributed by atoms with Crippen molar-refractivity contribution in [3.63, 3.8) is 0 Å². The SMILES string of the molecule is C=CCCC(O)c1cc(C)c(F)cc1F. The molecule has 0 spiro atoms. The molecular formula is C12H14F2O. The van der Waals surface area contributed by atoms with E-state index in [1.165, 1.54) is 6.07 Å². The number of aryl methyl sites for hydroxylation is 1. The van der Waals surface area contributed by atoms with E-state index in [1.807, 2.05) is 0 Å². The van der Waals surface area contributed by atoms with E-state index in [-0.39, 0.29) is 5.56 Å². The Labute approximate surface area is 88.1 Å². The number of rotatable bonds is 4. The number of aliphatic hydroxyl groups excluding tert-OH is 1. The van der Waals surface area contributed by atoms with E-state index in [2.05, 4.69) is 6.58 Å². The van der Waals surface area contributed by atoms with Crippen LogP contribution in [0, 0.1) is 18.6 Å². The lowest BCUT2D eigenvalue weighted by Gasteiger charge is -2.12. The minimum atomic E-state index is -0.901. The maximum atomic E-state index is 13.3. The van der Waals surface area contributed by atoms with Gasteiger partial charge in [0.15, 0.2) is 0 Å².